The van der Waals surface area contributed by atoms with Gasteiger partial charge in [0.15, 0.2) is 0 Å². The number of aromatic amines is 1. The number of nitrogens with one attached hydrogen (secondary N) is 1. The Kier molecular flexibility index (Phi) is 4.53. The minimum Gasteiger partial charge on any atom is -0.330 e. The number of nitrogens with zero attached hydrogens (tertiary/aromatic N) is 7. The van der Waals surface area contributed by atoms with Crippen molar-refractivity contribution in [2.75, 3.05) is 13.1 Å². The number of nitriles is 1. The number of aryl methyl sites for hydroxylation is 1. The van der Waals surface area contributed by atoms with E-state index in [-0.39, 0.29) is 42.0 Å². The third kappa shape index (κ3) is 3.13. The second-order valence-electron chi connectivity index (χ2n) is 10.6. The highest BCUT2D eigenvalue weighted by molar-refractivity contribution is 5.87. The SMILES string of the molecule is N#C[C@@H]1C[C@@H]2CC2N1C(=O)[C@@H](N)CN1C[C@H]2C[C@@H]1C(=O)N2[C@H]1CCc2cc(-c3nn[nH]n3)ccc21. The van der Waals surface area contributed by atoms with Crippen molar-refractivity contribution in [1.82, 2.24) is 35.3 Å². The number of likely N-dealkylation sites (tertiary alicyclic amines) is 3. The van der Waals surface area contributed by atoms with Crippen LogP contribution in [0.15, 0.2) is 18.2 Å². The third-order valence-electron chi connectivity index (χ3n) is 8.70. The summed E-state index contributed by atoms with van der Waals surface area (Å²) in [7, 11) is 0. The summed E-state index contributed by atoms with van der Waals surface area (Å²) >= 11 is 0. The van der Waals surface area contributed by atoms with Gasteiger partial charge in [0.05, 0.1) is 24.2 Å². The standard InChI is InChI=1S/C24H27N9O2/c25-9-15-6-14-7-20(14)32(15)23(34)18(26)11-31-10-16-8-21(31)24(35)33(16)19-4-2-12-5-13(1-3-17(12)19)22-27-29-30-28-22/h1,3,5,14-16,18-21H,2,4,6-8,10-11,26H2,(H,27,28,29,30)/t14-,15+,16-,18+,19+,20?,21-/m1/s1. The highest BCUT2D eigenvalue weighted by atomic mass is 16.2. The van der Waals surface area contributed by atoms with Gasteiger partial charge in [0.1, 0.15) is 6.04 Å². The predicted molar refractivity (Wildman–Crippen MR) is 122 cm³/mol. The van der Waals surface area contributed by atoms with Crippen molar-refractivity contribution in [3.05, 3.63) is 29.3 Å². The number of hydrogen-bond donors (Lipinski definition) is 2. The molecule has 4 fully saturated rings. The van der Waals surface area contributed by atoms with Gasteiger partial charge in [0.2, 0.25) is 17.6 Å². The monoisotopic (exact) mass is 473 g/mol. The summed E-state index contributed by atoms with van der Waals surface area (Å²) < 4.78 is 0. The van der Waals surface area contributed by atoms with Gasteiger partial charge in [-0.25, -0.2) is 0 Å². The molecule has 0 radical (unpaired) electrons. The molecule has 5 aliphatic rings. The van der Waals surface area contributed by atoms with E-state index in [1.54, 1.807) is 4.90 Å². The maximum Gasteiger partial charge on any atom is 0.242 e. The Morgan fingerprint density at radius 2 is 2.17 bits per heavy atom. The number of aromatic nitrogens is 4. The summed E-state index contributed by atoms with van der Waals surface area (Å²) in [4.78, 5) is 32.4. The van der Waals surface area contributed by atoms with Gasteiger partial charge in [-0.05, 0) is 60.4 Å². The normalized spacial score (nSPS) is 33.7. The van der Waals surface area contributed by atoms with E-state index in [1.807, 2.05) is 6.07 Å². The van der Waals surface area contributed by atoms with Crippen LogP contribution in [0.3, 0.4) is 0 Å². The zero-order valence-corrected chi connectivity index (χ0v) is 19.2. The fraction of sp³-hybridized carbons (Fsp3) is 0.583. The van der Waals surface area contributed by atoms with Crippen molar-refractivity contribution >= 4 is 11.8 Å². The molecule has 1 aromatic heterocycles. The first-order chi connectivity index (χ1) is 17.0. The van der Waals surface area contributed by atoms with Crippen LogP contribution in [0.1, 0.15) is 42.9 Å². The van der Waals surface area contributed by atoms with E-state index in [0.29, 0.717) is 18.3 Å². The van der Waals surface area contributed by atoms with Crippen LogP contribution in [0.2, 0.25) is 0 Å². The number of piperazine rings is 1. The molecule has 180 valence electrons. The smallest absolute Gasteiger partial charge is 0.242 e. The second-order valence-corrected chi connectivity index (χ2v) is 10.6. The Hall–Kier alpha value is -3.36. The van der Waals surface area contributed by atoms with Gasteiger partial charge in [-0.15, -0.1) is 10.2 Å². The predicted octanol–water partition coefficient (Wildman–Crippen LogP) is -0.0206. The Morgan fingerprint density at radius 1 is 1.29 bits per heavy atom. The summed E-state index contributed by atoms with van der Waals surface area (Å²) in [5.41, 5.74) is 9.70. The van der Waals surface area contributed by atoms with E-state index < -0.39 is 6.04 Å². The lowest BCUT2D eigenvalue weighted by molar-refractivity contribution is -0.141. The van der Waals surface area contributed by atoms with Gasteiger partial charge in [-0.3, -0.25) is 14.5 Å². The molecule has 1 unspecified atom stereocenters. The molecule has 7 atom stereocenters. The van der Waals surface area contributed by atoms with Gasteiger partial charge >= 0.3 is 0 Å². The summed E-state index contributed by atoms with van der Waals surface area (Å²) in [5.74, 6) is 1.03. The van der Waals surface area contributed by atoms with E-state index in [4.69, 9.17) is 5.73 Å². The first kappa shape index (κ1) is 21.0. The molecule has 3 N–H and O–H groups in total. The Labute approximate surface area is 202 Å². The Balaban J connectivity index is 1.03. The van der Waals surface area contributed by atoms with Crippen molar-refractivity contribution in [3.8, 4) is 17.5 Å². The molecule has 3 saturated heterocycles. The van der Waals surface area contributed by atoms with E-state index in [1.165, 1.54) is 11.1 Å². The molecule has 11 nitrogen and oxygen atoms in total. The summed E-state index contributed by atoms with van der Waals surface area (Å²) in [6, 6.07) is 7.57. The van der Waals surface area contributed by atoms with Crippen LogP contribution in [0.5, 0.6) is 0 Å². The fourth-order valence-electron chi connectivity index (χ4n) is 7.02. The van der Waals surface area contributed by atoms with E-state index >= 15 is 0 Å². The highest BCUT2D eigenvalue weighted by Gasteiger charge is 2.56. The number of carbonyl (C=O) groups excluding carboxylic acids is 2. The average molecular weight is 474 g/mol. The van der Waals surface area contributed by atoms with Gasteiger partial charge < -0.3 is 15.5 Å². The molecule has 1 aromatic carbocycles. The minimum absolute atomic E-state index is 0.0806. The van der Waals surface area contributed by atoms with Crippen LogP contribution >= 0.6 is 0 Å². The lowest BCUT2D eigenvalue weighted by Gasteiger charge is -2.38. The first-order valence-electron chi connectivity index (χ1n) is 12.4. The molecule has 4 heterocycles. The zero-order chi connectivity index (χ0) is 23.8. The van der Waals surface area contributed by atoms with Crippen LogP contribution < -0.4 is 5.73 Å². The molecule has 2 aliphatic carbocycles. The van der Waals surface area contributed by atoms with Gasteiger partial charge in [0.25, 0.3) is 0 Å². The molecular weight excluding hydrogens is 446 g/mol. The number of rotatable bonds is 5. The molecule has 35 heavy (non-hydrogen) atoms. The van der Waals surface area contributed by atoms with Crippen LogP contribution in [0.4, 0.5) is 0 Å². The first-order valence-corrected chi connectivity index (χ1v) is 12.4. The number of amides is 2. The van der Waals surface area contributed by atoms with Crippen LogP contribution in [0.25, 0.3) is 11.4 Å². The van der Waals surface area contributed by atoms with Gasteiger partial charge in [-0.1, -0.05) is 12.1 Å². The van der Waals surface area contributed by atoms with Crippen molar-refractivity contribution in [3.63, 3.8) is 0 Å². The van der Waals surface area contributed by atoms with Crippen LogP contribution in [-0.4, -0.2) is 90.4 Å². The van der Waals surface area contributed by atoms with Gasteiger partial charge in [0, 0.05) is 30.7 Å². The molecular formula is C24H27N9O2. The average Bonchev–Trinajstić information content (AvgIpc) is 3.43. The molecule has 11 heteroatoms. The molecule has 2 aromatic rings. The zero-order valence-electron chi connectivity index (χ0n) is 19.2. The number of benzene rings is 1. The highest BCUT2D eigenvalue weighted by Crippen LogP contribution is 2.48. The minimum atomic E-state index is -0.707. The summed E-state index contributed by atoms with van der Waals surface area (Å²) in [6.07, 6.45) is 4.35. The van der Waals surface area contributed by atoms with Crippen molar-refractivity contribution in [2.24, 2.45) is 11.7 Å². The molecule has 0 spiro atoms. The summed E-state index contributed by atoms with van der Waals surface area (Å²) in [5, 5.41) is 23.7. The maximum atomic E-state index is 13.5. The van der Waals surface area contributed by atoms with Gasteiger partial charge in [-0.2, -0.15) is 10.5 Å². The van der Waals surface area contributed by atoms with Crippen molar-refractivity contribution in [1.29, 1.82) is 5.26 Å². The Bertz CT molecular complexity index is 1240. The largest absolute Gasteiger partial charge is 0.330 e. The number of tetrazole rings is 1. The number of piperidine rings is 1. The number of fused-ring (bicyclic) bond motifs is 4. The van der Waals surface area contributed by atoms with E-state index in [0.717, 1.165) is 44.2 Å². The molecule has 2 amide bonds. The lowest BCUT2D eigenvalue weighted by atomic mass is 10.0. The fourth-order valence-corrected chi connectivity index (χ4v) is 7.02. The molecule has 2 bridgehead atoms. The van der Waals surface area contributed by atoms with Crippen molar-refractivity contribution in [2.45, 2.75) is 68.4 Å². The maximum absolute atomic E-state index is 13.5. The lowest BCUT2D eigenvalue weighted by Crippen LogP contribution is -2.57. The number of hydrogen-bond acceptors (Lipinski definition) is 8. The molecule has 7 rings (SSSR count). The molecule has 3 aliphatic heterocycles. The topological polar surface area (TPSA) is 148 Å². The van der Waals surface area contributed by atoms with Crippen LogP contribution in [0, 0.1) is 17.2 Å². The number of carbonyl (C=O) groups is 2. The molecule has 1 saturated carbocycles. The quantitative estimate of drug-likeness (QED) is 0.616. The number of H-pyrrole nitrogens is 1. The number of nitrogens with two attached hydrogens (primary N) is 1. The van der Waals surface area contributed by atoms with E-state index in [9.17, 15) is 14.9 Å². The summed E-state index contributed by atoms with van der Waals surface area (Å²) in [6.45, 7) is 1.10. The Morgan fingerprint density at radius 3 is 2.94 bits per heavy atom. The second kappa shape index (κ2) is 7.57. The van der Waals surface area contributed by atoms with Crippen LogP contribution in [-0.2, 0) is 16.0 Å². The third-order valence-corrected chi connectivity index (χ3v) is 8.70. The van der Waals surface area contributed by atoms with Crippen molar-refractivity contribution < 1.29 is 9.59 Å². The van der Waals surface area contributed by atoms with E-state index in [2.05, 4.69) is 48.6 Å².